The summed E-state index contributed by atoms with van der Waals surface area (Å²) in [6.45, 7) is 6.91. The van der Waals surface area contributed by atoms with Gasteiger partial charge in [-0.05, 0) is 25.1 Å². The summed E-state index contributed by atoms with van der Waals surface area (Å²) in [6.07, 6.45) is 6.60. The molecule has 4 heteroatoms. The van der Waals surface area contributed by atoms with Crippen LogP contribution in [0.25, 0.3) is 0 Å². The van der Waals surface area contributed by atoms with Crippen LogP contribution in [-0.2, 0) is 13.1 Å². The highest BCUT2D eigenvalue weighted by atomic mass is 16.5. The maximum atomic E-state index is 5.63. The van der Waals surface area contributed by atoms with Crippen LogP contribution in [-0.4, -0.2) is 22.9 Å². The average molecular weight is 271 g/mol. The lowest BCUT2D eigenvalue weighted by Gasteiger charge is -2.11. The van der Waals surface area contributed by atoms with Crippen molar-refractivity contribution in [3.63, 3.8) is 0 Å². The topological polar surface area (TPSA) is 39.1 Å². The van der Waals surface area contributed by atoms with E-state index in [0.29, 0.717) is 6.61 Å². The van der Waals surface area contributed by atoms with Crippen molar-refractivity contribution < 1.29 is 4.74 Å². The van der Waals surface area contributed by atoms with Gasteiger partial charge in [0.1, 0.15) is 12.4 Å². The number of aryl methyl sites for hydroxylation is 1. The molecular formula is C16H21N3O. The average Bonchev–Trinajstić information content (AvgIpc) is 2.99. The van der Waals surface area contributed by atoms with Gasteiger partial charge >= 0.3 is 0 Å². The second-order valence-corrected chi connectivity index (χ2v) is 4.51. The number of ether oxygens (including phenoxy) is 1. The summed E-state index contributed by atoms with van der Waals surface area (Å²) >= 11 is 0. The maximum absolute atomic E-state index is 5.63. The zero-order valence-corrected chi connectivity index (χ0v) is 11.7. The van der Waals surface area contributed by atoms with Crippen LogP contribution >= 0.6 is 0 Å². The summed E-state index contributed by atoms with van der Waals surface area (Å²) in [5.41, 5.74) is 1.17. The third-order valence-electron chi connectivity index (χ3n) is 2.94. The molecule has 2 aromatic rings. The fourth-order valence-corrected chi connectivity index (χ4v) is 1.96. The number of nitrogens with one attached hydrogen (secondary N) is 1. The van der Waals surface area contributed by atoms with Crippen molar-refractivity contribution in [3.8, 4) is 5.75 Å². The monoisotopic (exact) mass is 271 g/mol. The van der Waals surface area contributed by atoms with Crippen molar-refractivity contribution in [1.82, 2.24) is 15.1 Å². The van der Waals surface area contributed by atoms with Crippen molar-refractivity contribution in [2.45, 2.75) is 19.5 Å². The molecule has 0 saturated heterocycles. The Morgan fingerprint density at radius 1 is 1.30 bits per heavy atom. The quantitative estimate of drug-likeness (QED) is 0.563. The van der Waals surface area contributed by atoms with Crippen molar-refractivity contribution in [3.05, 3.63) is 60.9 Å². The highest BCUT2D eigenvalue weighted by molar-refractivity contribution is 5.33. The van der Waals surface area contributed by atoms with Crippen molar-refractivity contribution >= 4 is 0 Å². The molecule has 0 aliphatic rings. The van der Waals surface area contributed by atoms with Gasteiger partial charge in [-0.15, -0.1) is 0 Å². The standard InChI is InChI=1S/C16H21N3O/c1-2-13-20-16-8-4-3-7-15(16)14-17-9-5-11-19-12-6-10-18-19/h2-4,6-8,10,12,17H,1,5,9,11,13-14H2. The van der Waals surface area contributed by atoms with E-state index < -0.39 is 0 Å². The molecule has 2 rings (SSSR count). The predicted octanol–water partition coefficient (Wildman–Crippen LogP) is 2.63. The smallest absolute Gasteiger partial charge is 0.124 e. The zero-order chi connectivity index (χ0) is 14.0. The molecule has 0 saturated carbocycles. The second kappa shape index (κ2) is 8.17. The SMILES string of the molecule is C=CCOc1ccccc1CNCCCn1cccn1. The molecule has 0 spiro atoms. The van der Waals surface area contributed by atoms with E-state index in [-0.39, 0.29) is 0 Å². The zero-order valence-electron chi connectivity index (χ0n) is 11.7. The van der Waals surface area contributed by atoms with E-state index in [1.807, 2.05) is 35.1 Å². The van der Waals surface area contributed by atoms with Gasteiger partial charge in [-0.25, -0.2) is 0 Å². The van der Waals surface area contributed by atoms with E-state index >= 15 is 0 Å². The molecule has 0 radical (unpaired) electrons. The molecule has 0 aliphatic carbocycles. The third kappa shape index (κ3) is 4.55. The van der Waals surface area contributed by atoms with Gasteiger partial charge in [0, 0.05) is 31.0 Å². The molecule has 4 nitrogen and oxygen atoms in total. The summed E-state index contributed by atoms with van der Waals surface area (Å²) in [5.74, 6) is 0.923. The van der Waals surface area contributed by atoms with Crippen LogP contribution in [0.15, 0.2) is 55.4 Å². The fourth-order valence-electron chi connectivity index (χ4n) is 1.96. The molecule has 1 N–H and O–H groups in total. The Morgan fingerprint density at radius 3 is 3.00 bits per heavy atom. The largest absolute Gasteiger partial charge is 0.489 e. The Hall–Kier alpha value is -2.07. The summed E-state index contributed by atoms with van der Waals surface area (Å²) in [6, 6.07) is 10.0. The Morgan fingerprint density at radius 2 is 2.20 bits per heavy atom. The predicted molar refractivity (Wildman–Crippen MR) is 80.7 cm³/mol. The number of nitrogens with zero attached hydrogens (tertiary/aromatic N) is 2. The van der Waals surface area contributed by atoms with Crippen LogP contribution in [0.2, 0.25) is 0 Å². The van der Waals surface area contributed by atoms with E-state index in [0.717, 1.165) is 31.8 Å². The number of para-hydroxylation sites is 1. The first kappa shape index (κ1) is 14.3. The Labute approximate surface area is 120 Å². The van der Waals surface area contributed by atoms with Crippen molar-refractivity contribution in [2.75, 3.05) is 13.2 Å². The van der Waals surface area contributed by atoms with E-state index in [1.54, 1.807) is 12.3 Å². The van der Waals surface area contributed by atoms with Gasteiger partial charge in [0.05, 0.1) is 0 Å². The first-order valence-electron chi connectivity index (χ1n) is 6.90. The number of benzene rings is 1. The normalized spacial score (nSPS) is 10.4. The molecule has 20 heavy (non-hydrogen) atoms. The van der Waals surface area contributed by atoms with Crippen LogP contribution in [0.4, 0.5) is 0 Å². The van der Waals surface area contributed by atoms with Gasteiger partial charge in [-0.2, -0.15) is 5.10 Å². The van der Waals surface area contributed by atoms with Crippen LogP contribution < -0.4 is 10.1 Å². The molecule has 0 amide bonds. The van der Waals surface area contributed by atoms with E-state index in [2.05, 4.69) is 23.1 Å². The van der Waals surface area contributed by atoms with E-state index in [1.165, 1.54) is 5.56 Å². The minimum atomic E-state index is 0.538. The summed E-state index contributed by atoms with van der Waals surface area (Å²) in [4.78, 5) is 0. The molecule has 0 aliphatic heterocycles. The molecule has 0 fully saturated rings. The van der Waals surface area contributed by atoms with Gasteiger partial charge in [-0.1, -0.05) is 30.9 Å². The summed E-state index contributed by atoms with van der Waals surface area (Å²) < 4.78 is 7.58. The van der Waals surface area contributed by atoms with Crippen molar-refractivity contribution in [1.29, 1.82) is 0 Å². The van der Waals surface area contributed by atoms with Crippen LogP contribution in [0.5, 0.6) is 5.75 Å². The first-order chi connectivity index (χ1) is 9.90. The lowest BCUT2D eigenvalue weighted by atomic mass is 10.2. The van der Waals surface area contributed by atoms with Crippen LogP contribution in [0, 0.1) is 0 Å². The Balaban J connectivity index is 1.71. The third-order valence-corrected chi connectivity index (χ3v) is 2.94. The molecule has 106 valence electrons. The second-order valence-electron chi connectivity index (χ2n) is 4.51. The number of aromatic nitrogens is 2. The highest BCUT2D eigenvalue weighted by Gasteiger charge is 2.01. The molecule has 0 unspecified atom stereocenters. The number of hydrogen-bond acceptors (Lipinski definition) is 3. The van der Waals surface area contributed by atoms with Gasteiger partial charge < -0.3 is 10.1 Å². The van der Waals surface area contributed by atoms with E-state index in [4.69, 9.17) is 4.74 Å². The van der Waals surface area contributed by atoms with Crippen LogP contribution in [0.3, 0.4) is 0 Å². The lowest BCUT2D eigenvalue weighted by molar-refractivity contribution is 0.357. The number of hydrogen-bond donors (Lipinski definition) is 1. The molecular weight excluding hydrogens is 250 g/mol. The maximum Gasteiger partial charge on any atom is 0.124 e. The van der Waals surface area contributed by atoms with Gasteiger partial charge in [-0.3, -0.25) is 4.68 Å². The van der Waals surface area contributed by atoms with Gasteiger partial charge in [0.25, 0.3) is 0 Å². The molecule has 1 aromatic heterocycles. The van der Waals surface area contributed by atoms with E-state index in [9.17, 15) is 0 Å². The molecule has 0 bridgehead atoms. The summed E-state index contributed by atoms with van der Waals surface area (Å²) in [7, 11) is 0. The first-order valence-corrected chi connectivity index (χ1v) is 6.90. The fraction of sp³-hybridized carbons (Fsp3) is 0.312. The Bertz CT molecular complexity index is 508. The highest BCUT2D eigenvalue weighted by Crippen LogP contribution is 2.17. The molecule has 0 atom stereocenters. The van der Waals surface area contributed by atoms with Gasteiger partial charge in [0.15, 0.2) is 0 Å². The Kier molecular flexibility index (Phi) is 5.86. The lowest BCUT2D eigenvalue weighted by Crippen LogP contribution is -2.17. The minimum Gasteiger partial charge on any atom is -0.489 e. The summed E-state index contributed by atoms with van der Waals surface area (Å²) in [5, 5.41) is 7.61. The van der Waals surface area contributed by atoms with Gasteiger partial charge in [0.2, 0.25) is 0 Å². The van der Waals surface area contributed by atoms with Crippen LogP contribution in [0.1, 0.15) is 12.0 Å². The number of rotatable bonds is 9. The molecule has 1 aromatic carbocycles. The molecule has 1 heterocycles. The minimum absolute atomic E-state index is 0.538. The van der Waals surface area contributed by atoms with Crippen molar-refractivity contribution in [2.24, 2.45) is 0 Å².